The molecule has 5 heteroatoms. The molecule has 1 heterocycles. The Kier molecular flexibility index (Phi) is 4.57. The predicted molar refractivity (Wildman–Crippen MR) is 78.5 cm³/mol. The number of hydrogen-bond acceptors (Lipinski definition) is 3. The van der Waals surface area contributed by atoms with Crippen molar-refractivity contribution in [1.29, 1.82) is 0 Å². The number of aryl methyl sites for hydroxylation is 2. The first-order chi connectivity index (χ1) is 9.52. The van der Waals surface area contributed by atoms with E-state index >= 15 is 0 Å². The molecule has 0 N–H and O–H groups in total. The van der Waals surface area contributed by atoms with Crippen LogP contribution in [-0.2, 0) is 11.3 Å². The summed E-state index contributed by atoms with van der Waals surface area (Å²) in [4.78, 5) is 12.6. The number of carbonyl (C=O) groups excluding carboxylic acids is 1. The van der Waals surface area contributed by atoms with Crippen LogP contribution >= 0.6 is 11.6 Å². The van der Waals surface area contributed by atoms with Crippen LogP contribution in [0.5, 0.6) is 0 Å². The molecule has 1 aromatic carbocycles. The summed E-state index contributed by atoms with van der Waals surface area (Å²) in [6, 6.07) is 5.75. The summed E-state index contributed by atoms with van der Waals surface area (Å²) in [5.41, 5.74) is 3.14. The second kappa shape index (κ2) is 6.20. The van der Waals surface area contributed by atoms with Crippen molar-refractivity contribution in [3.05, 3.63) is 51.8 Å². The minimum Gasteiger partial charge on any atom is -0.383 e. The number of benzene rings is 1. The number of ether oxygens (including phenoxy) is 1. The number of methoxy groups -OCH3 is 1. The zero-order chi connectivity index (χ0) is 14.7. The lowest BCUT2D eigenvalue weighted by atomic mass is 10.0. The van der Waals surface area contributed by atoms with E-state index in [-0.39, 0.29) is 5.78 Å². The van der Waals surface area contributed by atoms with Gasteiger partial charge < -0.3 is 4.74 Å². The van der Waals surface area contributed by atoms with Crippen molar-refractivity contribution in [2.75, 3.05) is 13.7 Å². The second-order valence-corrected chi connectivity index (χ2v) is 5.17. The fraction of sp³-hybridized carbons (Fsp3) is 0.333. The number of hydrogen-bond donors (Lipinski definition) is 0. The molecule has 106 valence electrons. The Morgan fingerprint density at radius 1 is 1.30 bits per heavy atom. The van der Waals surface area contributed by atoms with Gasteiger partial charge in [0.05, 0.1) is 24.4 Å². The Labute approximate surface area is 123 Å². The van der Waals surface area contributed by atoms with Crippen LogP contribution in [0.15, 0.2) is 24.4 Å². The molecular weight excluding hydrogens is 276 g/mol. The molecule has 0 saturated heterocycles. The number of ketones is 1. The summed E-state index contributed by atoms with van der Waals surface area (Å²) < 4.78 is 6.61. The molecule has 0 bridgehead atoms. The van der Waals surface area contributed by atoms with E-state index in [1.54, 1.807) is 11.8 Å². The Bertz CT molecular complexity index is 615. The minimum atomic E-state index is -0.115. The number of halogens is 1. The predicted octanol–water partition coefficient (Wildman–Crippen LogP) is 3.03. The number of rotatable bonds is 5. The van der Waals surface area contributed by atoms with Gasteiger partial charge in [-0.2, -0.15) is 5.10 Å². The Morgan fingerprint density at radius 3 is 2.55 bits per heavy atom. The van der Waals surface area contributed by atoms with Gasteiger partial charge in [0.15, 0.2) is 0 Å². The molecule has 1 aromatic heterocycles. The van der Waals surface area contributed by atoms with E-state index in [9.17, 15) is 4.79 Å². The smallest absolute Gasteiger partial charge is 0.212 e. The third-order valence-electron chi connectivity index (χ3n) is 3.00. The number of nitrogens with zero attached hydrogens (tertiary/aromatic N) is 2. The number of aromatic nitrogens is 2. The monoisotopic (exact) mass is 292 g/mol. The molecule has 2 rings (SSSR count). The molecule has 4 nitrogen and oxygen atoms in total. The normalized spacial score (nSPS) is 10.8. The van der Waals surface area contributed by atoms with E-state index in [1.807, 2.05) is 32.0 Å². The van der Waals surface area contributed by atoms with Gasteiger partial charge in [-0.25, -0.2) is 0 Å². The SMILES string of the molecule is COCCn1ncc(Cl)c1C(=O)c1cc(C)cc(C)c1. The van der Waals surface area contributed by atoms with Crippen molar-refractivity contribution in [1.82, 2.24) is 9.78 Å². The highest BCUT2D eigenvalue weighted by molar-refractivity contribution is 6.34. The first-order valence-electron chi connectivity index (χ1n) is 6.36. The van der Waals surface area contributed by atoms with Crippen LogP contribution in [0.25, 0.3) is 0 Å². The van der Waals surface area contributed by atoms with E-state index in [2.05, 4.69) is 5.10 Å². The molecule has 0 unspecified atom stereocenters. The van der Waals surface area contributed by atoms with Crippen molar-refractivity contribution in [3.8, 4) is 0 Å². The Morgan fingerprint density at radius 2 is 1.95 bits per heavy atom. The van der Waals surface area contributed by atoms with Gasteiger partial charge in [-0.05, 0) is 26.0 Å². The quantitative estimate of drug-likeness (QED) is 0.796. The Hall–Kier alpha value is -1.65. The molecule has 0 radical (unpaired) electrons. The summed E-state index contributed by atoms with van der Waals surface area (Å²) in [5.74, 6) is -0.115. The van der Waals surface area contributed by atoms with Gasteiger partial charge in [-0.15, -0.1) is 0 Å². The summed E-state index contributed by atoms with van der Waals surface area (Å²) >= 11 is 6.10. The molecule has 0 saturated carbocycles. The van der Waals surface area contributed by atoms with Gasteiger partial charge in [0.2, 0.25) is 5.78 Å². The highest BCUT2D eigenvalue weighted by atomic mass is 35.5. The van der Waals surface area contributed by atoms with E-state index in [0.29, 0.717) is 29.4 Å². The van der Waals surface area contributed by atoms with Gasteiger partial charge in [-0.3, -0.25) is 9.48 Å². The van der Waals surface area contributed by atoms with Crippen LogP contribution in [0.3, 0.4) is 0 Å². The average Bonchev–Trinajstić information content (AvgIpc) is 2.75. The third-order valence-corrected chi connectivity index (χ3v) is 3.28. The van der Waals surface area contributed by atoms with Crippen molar-refractivity contribution >= 4 is 17.4 Å². The molecular formula is C15H17ClN2O2. The molecule has 0 fully saturated rings. The summed E-state index contributed by atoms with van der Waals surface area (Å²) in [5, 5.41) is 4.49. The van der Waals surface area contributed by atoms with E-state index in [4.69, 9.17) is 16.3 Å². The first-order valence-corrected chi connectivity index (χ1v) is 6.74. The fourth-order valence-corrected chi connectivity index (χ4v) is 2.41. The van der Waals surface area contributed by atoms with Crippen LogP contribution in [0, 0.1) is 13.8 Å². The van der Waals surface area contributed by atoms with Crippen molar-refractivity contribution < 1.29 is 9.53 Å². The maximum absolute atomic E-state index is 12.6. The molecule has 20 heavy (non-hydrogen) atoms. The largest absolute Gasteiger partial charge is 0.383 e. The highest BCUT2D eigenvalue weighted by Crippen LogP contribution is 2.20. The van der Waals surface area contributed by atoms with E-state index in [0.717, 1.165) is 11.1 Å². The summed E-state index contributed by atoms with van der Waals surface area (Å²) in [7, 11) is 1.61. The topological polar surface area (TPSA) is 44.1 Å². The van der Waals surface area contributed by atoms with Crippen LogP contribution in [-0.4, -0.2) is 29.3 Å². The first kappa shape index (κ1) is 14.8. The van der Waals surface area contributed by atoms with Crippen LogP contribution in [0.2, 0.25) is 5.02 Å². The molecule has 2 aromatic rings. The highest BCUT2D eigenvalue weighted by Gasteiger charge is 2.19. The average molecular weight is 293 g/mol. The third kappa shape index (κ3) is 3.08. The maximum atomic E-state index is 12.6. The van der Waals surface area contributed by atoms with Crippen LogP contribution < -0.4 is 0 Å². The Balaban J connectivity index is 2.39. The lowest BCUT2D eigenvalue weighted by molar-refractivity contribution is 0.102. The number of carbonyl (C=O) groups is 1. The lowest BCUT2D eigenvalue weighted by Crippen LogP contribution is -2.15. The standard InChI is InChI=1S/C15H17ClN2O2/c1-10-6-11(2)8-12(7-10)15(19)14-13(16)9-17-18(14)4-5-20-3/h6-9H,4-5H2,1-3H3. The summed E-state index contributed by atoms with van der Waals surface area (Å²) in [6.45, 7) is 4.90. The van der Waals surface area contributed by atoms with Crippen molar-refractivity contribution in [2.24, 2.45) is 0 Å². The lowest BCUT2D eigenvalue weighted by Gasteiger charge is -2.08. The van der Waals surface area contributed by atoms with Gasteiger partial charge in [0, 0.05) is 12.7 Å². The van der Waals surface area contributed by atoms with Crippen molar-refractivity contribution in [3.63, 3.8) is 0 Å². The summed E-state index contributed by atoms with van der Waals surface area (Å²) in [6.07, 6.45) is 1.49. The van der Waals surface area contributed by atoms with E-state index < -0.39 is 0 Å². The van der Waals surface area contributed by atoms with Crippen molar-refractivity contribution in [2.45, 2.75) is 20.4 Å². The zero-order valence-corrected chi connectivity index (χ0v) is 12.6. The van der Waals surface area contributed by atoms with E-state index in [1.165, 1.54) is 6.20 Å². The van der Waals surface area contributed by atoms with Gasteiger partial charge in [-0.1, -0.05) is 28.8 Å². The fourth-order valence-electron chi connectivity index (χ4n) is 2.18. The molecule has 0 atom stereocenters. The second-order valence-electron chi connectivity index (χ2n) is 4.76. The maximum Gasteiger partial charge on any atom is 0.212 e. The molecule has 0 aliphatic rings. The van der Waals surface area contributed by atoms with Gasteiger partial charge >= 0.3 is 0 Å². The van der Waals surface area contributed by atoms with Gasteiger partial charge in [0.1, 0.15) is 5.69 Å². The van der Waals surface area contributed by atoms with Crippen LogP contribution in [0.1, 0.15) is 27.2 Å². The molecule has 0 amide bonds. The minimum absolute atomic E-state index is 0.115. The molecule has 0 spiro atoms. The molecule has 0 aliphatic heterocycles. The van der Waals surface area contributed by atoms with Gasteiger partial charge in [0.25, 0.3) is 0 Å². The zero-order valence-electron chi connectivity index (χ0n) is 11.8. The van der Waals surface area contributed by atoms with Crippen LogP contribution in [0.4, 0.5) is 0 Å². The molecule has 0 aliphatic carbocycles.